The number of hydrogen-bond acceptors (Lipinski definition) is 3. The lowest BCUT2D eigenvalue weighted by atomic mass is 10.1. The fourth-order valence-electron chi connectivity index (χ4n) is 1.51. The van der Waals surface area contributed by atoms with E-state index in [1.165, 1.54) is 0 Å². The number of hydrogen-bond donors (Lipinski definition) is 3. The molecular formula is C13H18IN3O2. The standard InChI is InChI=1S/C13H18IN3O2/c1-8(2)17-12(18)7-16-13(19)10-5-9(6-14)3-4-11(10)15/h3-5,8H,6-7,15H2,1-2H3,(H,16,19)(H,17,18). The van der Waals surface area contributed by atoms with Gasteiger partial charge in [0, 0.05) is 16.2 Å². The number of benzene rings is 1. The van der Waals surface area contributed by atoms with Gasteiger partial charge in [0.25, 0.3) is 5.91 Å². The number of nitrogens with one attached hydrogen (secondary N) is 2. The van der Waals surface area contributed by atoms with E-state index in [4.69, 9.17) is 5.73 Å². The Balaban J connectivity index is 2.65. The van der Waals surface area contributed by atoms with Crippen LogP contribution < -0.4 is 16.4 Å². The molecule has 1 aromatic carbocycles. The van der Waals surface area contributed by atoms with Crippen molar-refractivity contribution in [3.05, 3.63) is 29.3 Å². The Morgan fingerprint density at radius 1 is 1.37 bits per heavy atom. The van der Waals surface area contributed by atoms with Crippen LogP contribution >= 0.6 is 22.6 Å². The van der Waals surface area contributed by atoms with Gasteiger partial charge < -0.3 is 16.4 Å². The molecule has 0 aromatic heterocycles. The summed E-state index contributed by atoms with van der Waals surface area (Å²) in [7, 11) is 0. The highest BCUT2D eigenvalue weighted by Crippen LogP contribution is 2.16. The molecule has 0 aliphatic heterocycles. The van der Waals surface area contributed by atoms with Crippen LogP contribution in [0.15, 0.2) is 18.2 Å². The van der Waals surface area contributed by atoms with Gasteiger partial charge in [-0.25, -0.2) is 0 Å². The molecule has 1 aromatic rings. The van der Waals surface area contributed by atoms with Gasteiger partial charge in [-0.2, -0.15) is 0 Å². The Labute approximate surface area is 126 Å². The van der Waals surface area contributed by atoms with Crippen LogP contribution in [-0.2, 0) is 9.22 Å². The lowest BCUT2D eigenvalue weighted by Crippen LogP contribution is -2.40. The van der Waals surface area contributed by atoms with Crippen LogP contribution in [0.3, 0.4) is 0 Å². The van der Waals surface area contributed by atoms with E-state index in [2.05, 4.69) is 33.2 Å². The van der Waals surface area contributed by atoms with Crippen molar-refractivity contribution in [2.24, 2.45) is 0 Å². The molecule has 0 spiro atoms. The predicted octanol–water partition coefficient (Wildman–Crippen LogP) is 1.46. The van der Waals surface area contributed by atoms with Gasteiger partial charge in [0.15, 0.2) is 0 Å². The second-order valence-corrected chi connectivity index (χ2v) is 5.22. The van der Waals surface area contributed by atoms with Crippen LogP contribution in [0, 0.1) is 0 Å². The molecule has 0 fully saturated rings. The Hall–Kier alpha value is -1.31. The smallest absolute Gasteiger partial charge is 0.253 e. The Morgan fingerprint density at radius 2 is 2.05 bits per heavy atom. The van der Waals surface area contributed by atoms with Crippen LogP contribution in [0.4, 0.5) is 5.69 Å². The maximum Gasteiger partial charge on any atom is 0.253 e. The molecule has 0 heterocycles. The normalized spacial score (nSPS) is 10.3. The Bertz CT molecular complexity index is 475. The van der Waals surface area contributed by atoms with E-state index < -0.39 is 0 Å². The summed E-state index contributed by atoms with van der Waals surface area (Å²) >= 11 is 2.21. The van der Waals surface area contributed by atoms with E-state index in [1.54, 1.807) is 12.1 Å². The van der Waals surface area contributed by atoms with E-state index in [0.717, 1.165) is 9.99 Å². The van der Waals surface area contributed by atoms with Crippen molar-refractivity contribution < 1.29 is 9.59 Å². The summed E-state index contributed by atoms with van der Waals surface area (Å²) < 4.78 is 0.798. The molecule has 5 nitrogen and oxygen atoms in total. The van der Waals surface area contributed by atoms with Gasteiger partial charge in [-0.3, -0.25) is 9.59 Å². The number of rotatable bonds is 5. The molecule has 104 valence electrons. The summed E-state index contributed by atoms with van der Waals surface area (Å²) in [4.78, 5) is 23.4. The summed E-state index contributed by atoms with van der Waals surface area (Å²) in [5.41, 5.74) is 7.61. The van der Waals surface area contributed by atoms with Crippen molar-refractivity contribution in [1.82, 2.24) is 10.6 Å². The van der Waals surface area contributed by atoms with Crippen LogP contribution in [-0.4, -0.2) is 24.4 Å². The average molecular weight is 375 g/mol. The number of anilines is 1. The van der Waals surface area contributed by atoms with Crippen LogP contribution in [0.5, 0.6) is 0 Å². The van der Waals surface area contributed by atoms with Crippen molar-refractivity contribution in [1.29, 1.82) is 0 Å². The number of halogens is 1. The van der Waals surface area contributed by atoms with Crippen molar-refractivity contribution >= 4 is 40.1 Å². The average Bonchev–Trinajstić information content (AvgIpc) is 2.35. The molecule has 2 amide bonds. The monoisotopic (exact) mass is 375 g/mol. The molecular weight excluding hydrogens is 357 g/mol. The number of nitrogens with two attached hydrogens (primary N) is 1. The van der Waals surface area contributed by atoms with E-state index in [0.29, 0.717) is 11.3 Å². The van der Waals surface area contributed by atoms with Gasteiger partial charge in [0.1, 0.15) is 0 Å². The number of nitrogen functional groups attached to an aromatic ring is 1. The Kier molecular flexibility index (Phi) is 6.07. The molecule has 1 rings (SSSR count). The first-order valence-corrected chi connectivity index (χ1v) is 7.48. The minimum atomic E-state index is -0.330. The molecule has 6 heteroatoms. The molecule has 0 aliphatic rings. The van der Waals surface area contributed by atoms with Crippen LogP contribution in [0.1, 0.15) is 29.8 Å². The third-order valence-electron chi connectivity index (χ3n) is 2.38. The van der Waals surface area contributed by atoms with Crippen molar-refractivity contribution in [3.8, 4) is 0 Å². The van der Waals surface area contributed by atoms with Gasteiger partial charge in [0.05, 0.1) is 12.1 Å². The second kappa shape index (κ2) is 7.32. The van der Waals surface area contributed by atoms with E-state index in [1.807, 2.05) is 19.9 Å². The zero-order valence-electron chi connectivity index (χ0n) is 11.0. The number of carbonyl (C=O) groups is 2. The molecule has 0 atom stereocenters. The van der Waals surface area contributed by atoms with Gasteiger partial charge in [-0.1, -0.05) is 28.7 Å². The first kappa shape index (κ1) is 15.7. The van der Waals surface area contributed by atoms with E-state index >= 15 is 0 Å². The number of alkyl halides is 1. The topological polar surface area (TPSA) is 84.2 Å². The maximum absolute atomic E-state index is 12.0. The summed E-state index contributed by atoms with van der Waals surface area (Å²) in [5, 5.41) is 5.26. The fraction of sp³-hybridized carbons (Fsp3) is 0.385. The third-order valence-corrected chi connectivity index (χ3v) is 3.26. The van der Waals surface area contributed by atoms with Crippen LogP contribution in [0.2, 0.25) is 0 Å². The van der Waals surface area contributed by atoms with Crippen molar-refractivity contribution in [3.63, 3.8) is 0 Å². The minimum Gasteiger partial charge on any atom is -0.398 e. The van der Waals surface area contributed by atoms with Gasteiger partial charge in [-0.05, 0) is 31.5 Å². The lowest BCUT2D eigenvalue weighted by molar-refractivity contribution is -0.120. The minimum absolute atomic E-state index is 0.0507. The molecule has 0 aliphatic carbocycles. The summed E-state index contributed by atoms with van der Waals surface area (Å²) in [5.74, 6) is -0.546. The predicted molar refractivity (Wildman–Crippen MR) is 84.2 cm³/mol. The van der Waals surface area contributed by atoms with Gasteiger partial charge in [0.2, 0.25) is 5.91 Å². The molecule has 0 bridgehead atoms. The third kappa shape index (κ3) is 5.06. The summed E-state index contributed by atoms with van der Waals surface area (Å²) in [6, 6.07) is 5.38. The Morgan fingerprint density at radius 3 is 2.63 bits per heavy atom. The molecule has 0 saturated carbocycles. The molecule has 19 heavy (non-hydrogen) atoms. The molecule has 0 saturated heterocycles. The SMILES string of the molecule is CC(C)NC(=O)CNC(=O)c1cc(CI)ccc1N. The quantitative estimate of drug-likeness (QED) is 0.414. The van der Waals surface area contributed by atoms with E-state index in [-0.39, 0.29) is 24.4 Å². The lowest BCUT2D eigenvalue weighted by Gasteiger charge is -2.11. The number of carbonyl (C=O) groups excluding carboxylic acids is 2. The highest BCUT2D eigenvalue weighted by atomic mass is 127. The fourth-order valence-corrected chi connectivity index (χ4v) is 1.99. The molecule has 0 radical (unpaired) electrons. The molecule has 4 N–H and O–H groups in total. The van der Waals surface area contributed by atoms with Crippen molar-refractivity contribution in [2.75, 3.05) is 12.3 Å². The zero-order valence-corrected chi connectivity index (χ0v) is 13.2. The van der Waals surface area contributed by atoms with Crippen LogP contribution in [0.25, 0.3) is 0 Å². The zero-order chi connectivity index (χ0) is 14.4. The largest absolute Gasteiger partial charge is 0.398 e. The number of amides is 2. The van der Waals surface area contributed by atoms with E-state index in [9.17, 15) is 9.59 Å². The summed E-state index contributed by atoms with van der Waals surface area (Å²) in [6.07, 6.45) is 0. The van der Waals surface area contributed by atoms with Gasteiger partial charge in [-0.15, -0.1) is 0 Å². The highest BCUT2D eigenvalue weighted by molar-refractivity contribution is 14.1. The van der Waals surface area contributed by atoms with Gasteiger partial charge >= 0.3 is 0 Å². The highest BCUT2D eigenvalue weighted by Gasteiger charge is 2.12. The maximum atomic E-state index is 12.0. The van der Waals surface area contributed by atoms with Crippen molar-refractivity contribution in [2.45, 2.75) is 24.3 Å². The second-order valence-electron chi connectivity index (χ2n) is 4.46. The first-order chi connectivity index (χ1) is 8.93. The first-order valence-electron chi connectivity index (χ1n) is 5.96. The molecule has 0 unspecified atom stereocenters. The summed E-state index contributed by atoms with van der Waals surface area (Å²) in [6.45, 7) is 3.67.